The van der Waals surface area contributed by atoms with E-state index in [-0.39, 0.29) is 11.4 Å². The van der Waals surface area contributed by atoms with Gasteiger partial charge in [0, 0.05) is 17.9 Å². The highest BCUT2D eigenvalue weighted by Crippen LogP contribution is 2.22. The summed E-state index contributed by atoms with van der Waals surface area (Å²) < 4.78 is 4.73. The van der Waals surface area contributed by atoms with Crippen LogP contribution in [0.25, 0.3) is 0 Å². The van der Waals surface area contributed by atoms with Crippen molar-refractivity contribution in [2.24, 2.45) is 5.41 Å². The zero-order valence-corrected chi connectivity index (χ0v) is 10.8. The number of nitrogens with one attached hydrogen (secondary N) is 1. The quantitative estimate of drug-likeness (QED) is 0.625. The van der Waals surface area contributed by atoms with Crippen molar-refractivity contribution >= 4 is 17.3 Å². The predicted molar refractivity (Wildman–Crippen MR) is 70.1 cm³/mol. The van der Waals surface area contributed by atoms with Gasteiger partial charge in [-0.15, -0.1) is 0 Å². The van der Waals surface area contributed by atoms with Crippen molar-refractivity contribution in [1.29, 1.82) is 0 Å². The van der Waals surface area contributed by atoms with Crippen LogP contribution in [0, 0.1) is 5.41 Å². The number of carbonyl (C=O) groups excluding carboxylic acids is 1. The molecular formula is C13H20N2O2. The maximum atomic E-state index is 11.6. The van der Waals surface area contributed by atoms with Gasteiger partial charge in [0.05, 0.1) is 12.7 Å². The molecule has 1 aromatic rings. The zero-order chi connectivity index (χ0) is 13.1. The van der Waals surface area contributed by atoms with Crippen molar-refractivity contribution in [2.45, 2.75) is 20.8 Å². The molecule has 94 valence electrons. The van der Waals surface area contributed by atoms with Gasteiger partial charge >= 0.3 is 5.97 Å². The van der Waals surface area contributed by atoms with E-state index in [2.05, 4.69) is 26.1 Å². The smallest absolute Gasteiger partial charge is 0.340 e. The molecule has 0 radical (unpaired) electrons. The van der Waals surface area contributed by atoms with Crippen LogP contribution in [0.15, 0.2) is 18.2 Å². The summed E-state index contributed by atoms with van der Waals surface area (Å²) in [6.07, 6.45) is 0. The molecule has 0 aromatic heterocycles. The highest BCUT2D eigenvalue weighted by molar-refractivity contribution is 5.96. The first kappa shape index (κ1) is 13.4. The number of hydrogen-bond acceptors (Lipinski definition) is 4. The number of ether oxygens (including phenoxy) is 1. The Morgan fingerprint density at radius 2 is 2.06 bits per heavy atom. The van der Waals surface area contributed by atoms with Crippen LogP contribution in [0.4, 0.5) is 11.4 Å². The zero-order valence-electron chi connectivity index (χ0n) is 10.8. The lowest BCUT2D eigenvalue weighted by Crippen LogP contribution is -2.20. The van der Waals surface area contributed by atoms with Crippen LogP contribution in [0.5, 0.6) is 0 Å². The number of esters is 1. The van der Waals surface area contributed by atoms with Crippen LogP contribution >= 0.6 is 0 Å². The van der Waals surface area contributed by atoms with E-state index in [0.717, 1.165) is 12.2 Å². The van der Waals surface area contributed by atoms with E-state index in [9.17, 15) is 4.79 Å². The van der Waals surface area contributed by atoms with Crippen molar-refractivity contribution in [3.05, 3.63) is 23.8 Å². The molecule has 4 heteroatoms. The molecule has 0 atom stereocenters. The van der Waals surface area contributed by atoms with E-state index in [1.54, 1.807) is 18.2 Å². The topological polar surface area (TPSA) is 64.3 Å². The van der Waals surface area contributed by atoms with Gasteiger partial charge in [-0.25, -0.2) is 4.79 Å². The maximum absolute atomic E-state index is 11.6. The summed E-state index contributed by atoms with van der Waals surface area (Å²) in [7, 11) is 1.36. The minimum absolute atomic E-state index is 0.134. The minimum atomic E-state index is -0.381. The number of nitrogen functional groups attached to an aromatic ring is 1. The fourth-order valence-electron chi connectivity index (χ4n) is 1.36. The molecule has 0 saturated heterocycles. The summed E-state index contributed by atoms with van der Waals surface area (Å²) in [5, 5.41) is 3.24. The monoisotopic (exact) mass is 236 g/mol. The molecule has 3 N–H and O–H groups in total. The Hall–Kier alpha value is -1.71. The van der Waals surface area contributed by atoms with Crippen LogP contribution in [-0.4, -0.2) is 19.6 Å². The van der Waals surface area contributed by atoms with E-state index in [1.165, 1.54) is 7.11 Å². The SMILES string of the molecule is COC(=O)c1cc(N)ccc1NCC(C)(C)C. The van der Waals surface area contributed by atoms with Gasteiger partial charge in [0.15, 0.2) is 0 Å². The van der Waals surface area contributed by atoms with Gasteiger partial charge in [0.1, 0.15) is 0 Å². The van der Waals surface area contributed by atoms with Gasteiger partial charge in [-0.05, 0) is 23.6 Å². The lowest BCUT2D eigenvalue weighted by Gasteiger charge is -2.20. The predicted octanol–water partition coefficient (Wildman–Crippen LogP) is 2.51. The van der Waals surface area contributed by atoms with Crippen molar-refractivity contribution in [1.82, 2.24) is 0 Å². The second-order valence-corrected chi connectivity index (χ2v) is 5.21. The Morgan fingerprint density at radius 3 is 2.59 bits per heavy atom. The second-order valence-electron chi connectivity index (χ2n) is 5.21. The molecule has 0 aliphatic rings. The molecule has 0 fully saturated rings. The Bertz CT molecular complexity index is 408. The first-order valence-electron chi connectivity index (χ1n) is 5.55. The second kappa shape index (κ2) is 5.08. The summed E-state index contributed by atoms with van der Waals surface area (Å²) in [4.78, 5) is 11.6. The van der Waals surface area contributed by atoms with E-state index in [4.69, 9.17) is 10.5 Å². The largest absolute Gasteiger partial charge is 0.465 e. The van der Waals surface area contributed by atoms with Crippen LogP contribution in [0.3, 0.4) is 0 Å². The molecule has 0 aliphatic carbocycles. The number of rotatable bonds is 3. The number of methoxy groups -OCH3 is 1. The summed E-state index contributed by atoms with van der Waals surface area (Å²) in [6, 6.07) is 5.18. The molecular weight excluding hydrogens is 216 g/mol. The molecule has 1 aromatic carbocycles. The first-order chi connectivity index (χ1) is 7.83. The highest BCUT2D eigenvalue weighted by Gasteiger charge is 2.15. The van der Waals surface area contributed by atoms with Crippen molar-refractivity contribution in [2.75, 3.05) is 24.7 Å². The van der Waals surface area contributed by atoms with Crippen molar-refractivity contribution in [3.8, 4) is 0 Å². The molecule has 0 saturated carbocycles. The van der Waals surface area contributed by atoms with E-state index in [1.807, 2.05) is 0 Å². The summed E-state index contributed by atoms with van der Waals surface area (Å²) in [5.74, 6) is -0.381. The number of nitrogens with two attached hydrogens (primary N) is 1. The Labute approximate surface area is 102 Å². The molecule has 4 nitrogen and oxygen atoms in total. The highest BCUT2D eigenvalue weighted by atomic mass is 16.5. The van der Waals surface area contributed by atoms with Crippen LogP contribution < -0.4 is 11.1 Å². The molecule has 0 spiro atoms. The lowest BCUT2D eigenvalue weighted by molar-refractivity contribution is 0.0602. The molecule has 1 rings (SSSR count). The summed E-state index contributed by atoms with van der Waals surface area (Å²) >= 11 is 0. The molecule has 0 bridgehead atoms. The Morgan fingerprint density at radius 1 is 1.41 bits per heavy atom. The van der Waals surface area contributed by atoms with Crippen molar-refractivity contribution < 1.29 is 9.53 Å². The fourth-order valence-corrected chi connectivity index (χ4v) is 1.36. The molecule has 0 unspecified atom stereocenters. The molecule has 17 heavy (non-hydrogen) atoms. The van der Waals surface area contributed by atoms with Gasteiger partial charge in [-0.3, -0.25) is 0 Å². The van der Waals surface area contributed by atoms with Crippen LogP contribution in [0.2, 0.25) is 0 Å². The average Bonchev–Trinajstić information content (AvgIpc) is 2.25. The first-order valence-corrected chi connectivity index (χ1v) is 5.55. The average molecular weight is 236 g/mol. The van der Waals surface area contributed by atoms with Gasteiger partial charge in [-0.1, -0.05) is 20.8 Å². The van der Waals surface area contributed by atoms with E-state index >= 15 is 0 Å². The summed E-state index contributed by atoms with van der Waals surface area (Å²) in [6.45, 7) is 7.13. The van der Waals surface area contributed by atoms with Crippen LogP contribution in [0.1, 0.15) is 31.1 Å². The summed E-state index contributed by atoms with van der Waals surface area (Å²) in [5.41, 5.74) is 7.57. The van der Waals surface area contributed by atoms with Gasteiger partial charge in [-0.2, -0.15) is 0 Å². The number of hydrogen-bond donors (Lipinski definition) is 2. The Balaban J connectivity index is 2.94. The lowest BCUT2D eigenvalue weighted by atomic mass is 9.96. The Kier molecular flexibility index (Phi) is 3.99. The third-order valence-electron chi connectivity index (χ3n) is 2.26. The van der Waals surface area contributed by atoms with Crippen LogP contribution in [-0.2, 0) is 4.74 Å². The fraction of sp³-hybridized carbons (Fsp3) is 0.462. The molecule has 0 aliphatic heterocycles. The van der Waals surface area contributed by atoms with E-state index < -0.39 is 0 Å². The van der Waals surface area contributed by atoms with Gasteiger partial charge in [0.2, 0.25) is 0 Å². The van der Waals surface area contributed by atoms with Gasteiger partial charge in [0.25, 0.3) is 0 Å². The maximum Gasteiger partial charge on any atom is 0.340 e. The minimum Gasteiger partial charge on any atom is -0.465 e. The standard InChI is InChI=1S/C13H20N2O2/c1-13(2,3)8-15-11-6-5-9(14)7-10(11)12(16)17-4/h5-7,15H,8,14H2,1-4H3. The normalized spacial score (nSPS) is 11.1. The number of benzene rings is 1. The molecule has 0 amide bonds. The third kappa shape index (κ3) is 3.98. The number of carbonyl (C=O) groups is 1. The van der Waals surface area contributed by atoms with Crippen molar-refractivity contribution in [3.63, 3.8) is 0 Å². The van der Waals surface area contributed by atoms with E-state index in [0.29, 0.717) is 11.3 Å². The van der Waals surface area contributed by atoms with Gasteiger partial charge < -0.3 is 15.8 Å². The third-order valence-corrected chi connectivity index (χ3v) is 2.26. The molecule has 0 heterocycles. The number of anilines is 2.